The number of aromatic nitrogens is 13. The summed E-state index contributed by atoms with van der Waals surface area (Å²) in [5.41, 5.74) is 58.1. The smallest absolute Gasteiger partial charge is 0.222 e. The maximum absolute atomic E-state index is 6.33. The number of nitrogen functional groups attached to an aromatic ring is 7. The average molecular weight is 2110 g/mol. The first-order valence-corrected chi connectivity index (χ1v) is 50.4. The Kier molecular flexibility index (Phi) is 38.6. The van der Waals surface area contributed by atoms with Crippen LogP contribution in [0.25, 0.3) is 89.6 Å². The molecule has 3 saturated carbocycles. The predicted molar refractivity (Wildman–Crippen MR) is 600 cm³/mol. The number of hydrogen-bond acceptors (Lipinski definition) is 25. The largest absolute Gasteiger partial charge is 0.399 e. The minimum atomic E-state index is 0.133. The number of aromatic amines is 1. The van der Waals surface area contributed by atoms with E-state index in [0.717, 1.165) is 147 Å². The van der Waals surface area contributed by atoms with Crippen LogP contribution in [0.5, 0.6) is 0 Å². The minimum absolute atomic E-state index is 0.133. The molecule has 0 radical (unpaired) electrons. The van der Waals surface area contributed by atoms with Gasteiger partial charge in [0.05, 0.1) is 84.4 Å². The topological polar surface area (TPSA) is 425 Å². The van der Waals surface area contributed by atoms with Gasteiger partial charge < -0.3 is 77.0 Å². The molecule has 3 aliphatic rings. The standard InChI is InChI=1S/C18H19Cl2N.C17H24N4.C16H18Cl2N4.C15H18Cl2N4.C14H14Cl2N4.C13H14Cl2N4.C13H13N5/c1-11(13-5-6-13)7-12-8-14(10-15(21)9-12)16-3-2-4-17(19)18(16)20;1-11-7-6-8-13(12(11)2)14-9-15(21-16(18)20-14)19-10-17(3,4)5;17-12-8-4-7-11(15(12)18)13-9-14(22-16(19)21-13)20-10-5-2-1-3-6-10;1-15(2,3)8-19-12-7-11(20-14(18)21-12)9-5-4-6-10(16)13(9)17;15-10-3-1-2-9(13(10)16)11-6-12(20-14(17)19-11)18-7-8-4-5-8;1-7(2)17-11-6-10(18-13(16)19-11)8-4-3-5-9(14)12(8)15;1-15-12-7-11(17-13(14)18-12)8-3-2-4-10-9(8)5-6-16-10/h2-4,8-11,13H,5-7,21H2,1H3;6-9H,10H2,1-5H3,(H3,18,19,20,21);4,7-10H,1-3,5-6H2,(H3,19,20,21,22);4-7H,8H2,1-3H3,(H3,18,19,20,21);1-3,6,8H,4-5,7H2,(H3,17,18,19,20);3-7H,1-2H3,(H3,16,17,18,19);2-7,16H,1H3,(H3,14,15,17,18)/t11-;;;;;;/m0....../s1. The average Bonchev–Trinajstić information content (AvgIpc) is 1.69. The SMILES string of the molecule is CC(C)(C)CNc1cc(-c2cccc(Cl)c2Cl)nc(N)n1.CC(C)Nc1cc(-c2cccc(Cl)c2Cl)nc(N)n1.CNc1cc(-c2cccc3[nH]ccc23)nc(N)n1.C[C@@H](Cc1cc(N)cc(-c2cccc(Cl)c2Cl)c1)C1CC1.Cc1cccc(-c2cc(NCC(C)(C)C)nc(N)n2)c1C.Nc1nc(NC2CCCCC2)cc(-c2cccc(Cl)c2Cl)n1.Nc1nc(NCC2CC2)cc(-c2cccc(Cl)c2Cl)n1. The molecule has 8 aromatic carbocycles. The summed E-state index contributed by atoms with van der Waals surface area (Å²) in [6.07, 6.45) is 14.4. The van der Waals surface area contributed by atoms with Crippen molar-refractivity contribution < 1.29 is 0 Å². The summed E-state index contributed by atoms with van der Waals surface area (Å²) in [4.78, 5) is 54.0. The minimum Gasteiger partial charge on any atom is -0.399 e. The monoisotopic (exact) mass is 2110 g/mol. The van der Waals surface area contributed by atoms with Crippen LogP contribution in [-0.2, 0) is 6.42 Å². The number of nitrogens with two attached hydrogens (primary N) is 7. The molecule has 7 aromatic heterocycles. The molecule has 21 N–H and O–H groups in total. The molecule has 744 valence electrons. The zero-order valence-electron chi connectivity index (χ0n) is 81.2. The van der Waals surface area contributed by atoms with Crippen LogP contribution in [0.1, 0.15) is 137 Å². The third kappa shape index (κ3) is 32.3. The second kappa shape index (κ2) is 50.3. The molecule has 0 spiro atoms. The number of H-pyrrole nitrogens is 1. The molecule has 3 fully saturated rings. The maximum atomic E-state index is 6.33. The number of fused-ring (bicyclic) bond motifs is 1. The Morgan fingerprint density at radius 3 is 1.18 bits per heavy atom. The third-order valence-electron chi connectivity index (χ3n) is 22.9. The van der Waals surface area contributed by atoms with Gasteiger partial charge in [-0.15, -0.1) is 0 Å². The van der Waals surface area contributed by atoms with Crippen LogP contribution in [0.3, 0.4) is 0 Å². The zero-order valence-corrected chi connectivity index (χ0v) is 88.8. The van der Waals surface area contributed by atoms with Crippen LogP contribution in [-0.4, -0.2) is 104 Å². The summed E-state index contributed by atoms with van der Waals surface area (Å²) in [6, 6.07) is 59.8. The lowest BCUT2D eigenvalue weighted by Crippen LogP contribution is -2.23. The Bertz CT molecular complexity index is 6720. The van der Waals surface area contributed by atoms with Gasteiger partial charge in [-0.25, -0.2) is 29.9 Å². The molecule has 0 saturated heterocycles. The van der Waals surface area contributed by atoms with Crippen LogP contribution in [0, 0.1) is 42.4 Å². The van der Waals surface area contributed by atoms with Crippen molar-refractivity contribution in [2.75, 3.05) is 98.7 Å². The van der Waals surface area contributed by atoms with E-state index >= 15 is 0 Å². The van der Waals surface area contributed by atoms with Gasteiger partial charge in [-0.3, -0.25) is 0 Å². The van der Waals surface area contributed by atoms with Crippen LogP contribution >= 0.6 is 116 Å². The molecule has 0 unspecified atom stereocenters. The van der Waals surface area contributed by atoms with E-state index in [2.05, 4.69) is 183 Å². The summed E-state index contributed by atoms with van der Waals surface area (Å²) in [5.74, 6) is 8.04. The van der Waals surface area contributed by atoms with E-state index in [-0.39, 0.29) is 46.6 Å². The number of halogens is 10. The number of aryl methyl sites for hydroxylation is 1. The Morgan fingerprint density at radius 2 is 0.739 bits per heavy atom. The number of hydrogen-bond donors (Lipinski definition) is 14. The molecular weight excluding hydrogens is 1990 g/mol. The van der Waals surface area contributed by atoms with Crippen molar-refractivity contribution in [1.82, 2.24) is 64.8 Å². The first kappa shape index (κ1) is 109. The molecule has 1 atom stereocenters. The highest BCUT2D eigenvalue weighted by Crippen LogP contribution is 2.43. The van der Waals surface area contributed by atoms with Crippen LogP contribution in [0.2, 0.25) is 50.2 Å². The second-order valence-corrected chi connectivity index (χ2v) is 41.6. The molecule has 0 bridgehead atoms. The Labute approximate surface area is 880 Å². The van der Waals surface area contributed by atoms with Gasteiger partial charge >= 0.3 is 0 Å². The number of anilines is 13. The van der Waals surface area contributed by atoms with Crippen molar-refractivity contribution in [2.45, 2.75) is 152 Å². The van der Waals surface area contributed by atoms with E-state index in [9.17, 15) is 0 Å². The van der Waals surface area contributed by atoms with E-state index < -0.39 is 0 Å². The number of nitrogens with one attached hydrogen (secondary N) is 7. The van der Waals surface area contributed by atoms with E-state index in [1.807, 2.05) is 154 Å². The third-order valence-corrected chi connectivity index (χ3v) is 27.0. The summed E-state index contributed by atoms with van der Waals surface area (Å²) in [5, 5.41) is 25.6. The molecule has 3 aliphatic carbocycles. The molecule has 0 aliphatic heterocycles. The lowest BCUT2D eigenvalue weighted by molar-refractivity contribution is 0.442. The first-order valence-electron chi connectivity index (χ1n) is 46.6. The normalized spacial score (nSPS) is 13.0. The zero-order chi connectivity index (χ0) is 102. The van der Waals surface area contributed by atoms with Crippen molar-refractivity contribution in [1.29, 1.82) is 0 Å². The highest BCUT2D eigenvalue weighted by molar-refractivity contribution is 6.46. The number of benzene rings is 8. The fourth-order valence-electron chi connectivity index (χ4n) is 15.3. The van der Waals surface area contributed by atoms with Gasteiger partial charge in [-0.1, -0.05) is 281 Å². The van der Waals surface area contributed by atoms with Crippen molar-refractivity contribution >= 4 is 203 Å². The maximum Gasteiger partial charge on any atom is 0.222 e. The Balaban J connectivity index is 0.000000148. The number of rotatable bonds is 22. The fraction of sp³-hybridized carbons (Fsp3) is 0.302. The fourth-order valence-corrected chi connectivity index (χ4v) is 17.3. The lowest BCUT2D eigenvalue weighted by Gasteiger charge is -2.23. The summed E-state index contributed by atoms with van der Waals surface area (Å²) in [7, 11) is 1.81. The quantitative estimate of drug-likeness (QED) is 0.0280. The summed E-state index contributed by atoms with van der Waals surface area (Å²) in [6.45, 7) is 26.0. The molecular formula is C106H120Cl10N26. The van der Waals surface area contributed by atoms with Crippen LogP contribution < -0.4 is 72.0 Å². The van der Waals surface area contributed by atoms with Gasteiger partial charge in [0.1, 0.15) is 34.9 Å². The van der Waals surface area contributed by atoms with Gasteiger partial charge in [0, 0.05) is 137 Å². The highest BCUT2D eigenvalue weighted by Gasteiger charge is 2.29. The van der Waals surface area contributed by atoms with Crippen LogP contribution in [0.4, 0.5) is 76.3 Å². The molecule has 26 nitrogen and oxygen atoms in total. The van der Waals surface area contributed by atoms with E-state index in [4.69, 9.17) is 156 Å². The summed E-state index contributed by atoms with van der Waals surface area (Å²) < 4.78 is 0. The lowest BCUT2D eigenvalue weighted by atomic mass is 9.94. The first-order chi connectivity index (χ1) is 67.6. The molecule has 18 rings (SSSR count). The summed E-state index contributed by atoms with van der Waals surface area (Å²) >= 11 is 61.5. The van der Waals surface area contributed by atoms with Gasteiger partial charge in [-0.2, -0.15) is 29.9 Å². The Hall–Kier alpha value is -11.9. The van der Waals surface area contributed by atoms with E-state index in [1.54, 1.807) is 36.4 Å². The highest BCUT2D eigenvalue weighted by atomic mass is 35.5. The van der Waals surface area contributed by atoms with Gasteiger partial charge in [-0.05, 0) is 178 Å². The molecule has 36 heteroatoms. The molecule has 142 heavy (non-hydrogen) atoms. The van der Waals surface area contributed by atoms with Gasteiger partial charge in [0.2, 0.25) is 35.7 Å². The predicted octanol–water partition coefficient (Wildman–Crippen LogP) is 28.9. The van der Waals surface area contributed by atoms with Crippen LogP contribution in [0.15, 0.2) is 194 Å². The molecule has 15 aromatic rings. The van der Waals surface area contributed by atoms with Gasteiger partial charge in [0.15, 0.2) is 0 Å². The van der Waals surface area contributed by atoms with Crippen molar-refractivity contribution in [3.63, 3.8) is 0 Å². The molecule has 0 amide bonds. The second-order valence-electron chi connectivity index (χ2n) is 37.6. The Morgan fingerprint density at radius 1 is 0.373 bits per heavy atom. The molecule has 7 heterocycles. The van der Waals surface area contributed by atoms with E-state index in [0.29, 0.717) is 102 Å². The number of nitrogens with zero attached hydrogens (tertiary/aromatic N) is 12. The van der Waals surface area contributed by atoms with Crippen molar-refractivity contribution in [3.8, 4) is 78.7 Å². The van der Waals surface area contributed by atoms with E-state index in [1.165, 1.54) is 61.6 Å². The van der Waals surface area contributed by atoms with Crippen molar-refractivity contribution in [2.24, 2.45) is 28.6 Å². The van der Waals surface area contributed by atoms with Gasteiger partial charge in [0.25, 0.3) is 0 Å². The van der Waals surface area contributed by atoms with Crippen molar-refractivity contribution in [3.05, 3.63) is 261 Å².